The molecule has 1 aliphatic carbocycles. The number of hydrogen-bond acceptors (Lipinski definition) is 1. The smallest absolute Gasteiger partial charge is 0.0305 e. The van der Waals surface area contributed by atoms with Crippen LogP contribution in [0.2, 0.25) is 0 Å². The third kappa shape index (κ3) is 3.32. The molecule has 0 aromatic heterocycles. The maximum Gasteiger partial charge on any atom is 0.0305 e. The molecule has 0 amide bonds. The molecule has 1 aromatic carbocycles. The third-order valence-corrected chi connectivity index (χ3v) is 4.71. The Morgan fingerprint density at radius 1 is 1.18 bits per heavy atom. The van der Waals surface area contributed by atoms with Crippen LogP contribution < -0.4 is 5.32 Å². The largest absolute Gasteiger partial charge is 0.307 e. The Labute approximate surface area is 113 Å². The Bertz CT molecular complexity index is 358. The summed E-state index contributed by atoms with van der Waals surface area (Å²) in [4.78, 5) is 0. The van der Waals surface area contributed by atoms with E-state index in [1.807, 2.05) is 0 Å². The fourth-order valence-corrected chi connectivity index (χ4v) is 3.53. The van der Waals surface area contributed by atoms with Crippen LogP contribution in [-0.4, -0.2) is 6.04 Å². The predicted octanol–water partition coefficient (Wildman–Crippen LogP) is 4.68. The van der Waals surface area contributed by atoms with E-state index in [0.717, 1.165) is 5.92 Å². The Balaban J connectivity index is 1.96. The van der Waals surface area contributed by atoms with E-state index in [2.05, 4.69) is 59.4 Å². The maximum absolute atomic E-state index is 3.75. The van der Waals surface area contributed by atoms with Crippen LogP contribution in [0, 0.1) is 5.92 Å². The van der Waals surface area contributed by atoms with Gasteiger partial charge in [0.1, 0.15) is 0 Å². The molecule has 0 bridgehead atoms. The molecule has 1 nitrogen and oxygen atoms in total. The van der Waals surface area contributed by atoms with Crippen molar-refractivity contribution in [3.63, 3.8) is 0 Å². The molecule has 0 heterocycles. The summed E-state index contributed by atoms with van der Waals surface area (Å²) in [7, 11) is 0. The van der Waals surface area contributed by atoms with E-state index in [-0.39, 0.29) is 0 Å². The highest BCUT2D eigenvalue weighted by Crippen LogP contribution is 2.30. The number of nitrogens with one attached hydrogen (secondary N) is 1. The van der Waals surface area contributed by atoms with Gasteiger partial charge in [0.05, 0.1) is 0 Å². The second-order valence-corrected chi connectivity index (χ2v) is 6.10. The van der Waals surface area contributed by atoms with Crippen molar-refractivity contribution >= 4 is 15.9 Å². The molecule has 1 aliphatic rings. The Hall–Kier alpha value is -0.340. The lowest BCUT2D eigenvalue weighted by molar-refractivity contribution is 0.352. The van der Waals surface area contributed by atoms with Crippen molar-refractivity contribution in [3.05, 3.63) is 34.3 Å². The van der Waals surface area contributed by atoms with Gasteiger partial charge in [0.2, 0.25) is 0 Å². The molecule has 1 aromatic rings. The van der Waals surface area contributed by atoms with Crippen LogP contribution >= 0.6 is 15.9 Å². The first-order valence-corrected chi connectivity index (χ1v) is 7.48. The number of hydrogen-bond donors (Lipinski definition) is 1. The van der Waals surface area contributed by atoms with Crippen molar-refractivity contribution in [2.24, 2.45) is 5.92 Å². The molecule has 2 atom stereocenters. The van der Waals surface area contributed by atoms with Crippen molar-refractivity contribution in [2.45, 2.75) is 51.6 Å². The van der Waals surface area contributed by atoms with Crippen LogP contribution in [-0.2, 0) is 0 Å². The van der Waals surface area contributed by atoms with Gasteiger partial charge in [0.25, 0.3) is 0 Å². The predicted molar refractivity (Wildman–Crippen MR) is 77.1 cm³/mol. The van der Waals surface area contributed by atoms with Crippen LogP contribution in [0.15, 0.2) is 28.7 Å². The second kappa shape index (κ2) is 6.01. The fraction of sp³-hybridized carbons (Fsp3) is 0.600. The topological polar surface area (TPSA) is 12.0 Å². The Kier molecular flexibility index (Phi) is 4.63. The van der Waals surface area contributed by atoms with Gasteiger partial charge in [0, 0.05) is 16.6 Å². The highest BCUT2D eigenvalue weighted by atomic mass is 79.9. The van der Waals surface area contributed by atoms with Crippen LogP contribution in [0.5, 0.6) is 0 Å². The zero-order valence-corrected chi connectivity index (χ0v) is 12.3. The third-order valence-electron chi connectivity index (χ3n) is 3.99. The van der Waals surface area contributed by atoms with Crippen molar-refractivity contribution in [1.82, 2.24) is 5.32 Å². The molecule has 1 saturated carbocycles. The van der Waals surface area contributed by atoms with Crippen LogP contribution in [0.1, 0.15) is 51.1 Å². The molecule has 17 heavy (non-hydrogen) atoms. The zero-order chi connectivity index (χ0) is 12.3. The molecule has 0 saturated heterocycles. The molecule has 2 rings (SSSR count). The minimum atomic E-state index is 0.418. The lowest BCUT2D eigenvalue weighted by Gasteiger charge is -2.25. The zero-order valence-electron chi connectivity index (χ0n) is 10.7. The van der Waals surface area contributed by atoms with Crippen molar-refractivity contribution < 1.29 is 0 Å². The van der Waals surface area contributed by atoms with E-state index in [1.165, 1.54) is 35.7 Å². The average Bonchev–Trinajstić information content (AvgIpc) is 2.82. The molecule has 1 N–H and O–H groups in total. The monoisotopic (exact) mass is 295 g/mol. The van der Waals surface area contributed by atoms with Crippen molar-refractivity contribution in [3.8, 4) is 0 Å². The summed E-state index contributed by atoms with van der Waals surface area (Å²) >= 11 is 3.63. The van der Waals surface area contributed by atoms with Gasteiger partial charge < -0.3 is 5.32 Å². The lowest BCUT2D eigenvalue weighted by atomic mass is 9.98. The molecular weight excluding hydrogens is 274 g/mol. The van der Waals surface area contributed by atoms with E-state index in [4.69, 9.17) is 0 Å². The Morgan fingerprint density at radius 3 is 2.47 bits per heavy atom. The highest BCUT2D eigenvalue weighted by Gasteiger charge is 2.23. The average molecular weight is 296 g/mol. The molecule has 0 spiro atoms. The van der Waals surface area contributed by atoms with Gasteiger partial charge in [-0.15, -0.1) is 0 Å². The highest BCUT2D eigenvalue weighted by molar-refractivity contribution is 9.10. The Morgan fingerprint density at radius 2 is 1.82 bits per heavy atom. The second-order valence-electron chi connectivity index (χ2n) is 5.24. The van der Waals surface area contributed by atoms with Gasteiger partial charge in [-0.05, 0) is 44.2 Å². The molecule has 94 valence electrons. The summed E-state index contributed by atoms with van der Waals surface area (Å²) < 4.78 is 1.21. The molecular formula is C15H22BrN. The minimum Gasteiger partial charge on any atom is -0.307 e. The van der Waals surface area contributed by atoms with Crippen molar-refractivity contribution in [1.29, 1.82) is 0 Å². The normalized spacial score (nSPS) is 20.4. The van der Waals surface area contributed by atoms with Crippen LogP contribution in [0.25, 0.3) is 0 Å². The summed E-state index contributed by atoms with van der Waals surface area (Å²) in [6, 6.07) is 9.54. The molecule has 1 unspecified atom stereocenters. The van der Waals surface area contributed by atoms with E-state index in [1.54, 1.807) is 0 Å². The first kappa shape index (κ1) is 13.1. The SMILES string of the molecule is CC(N[C@H](C)C1CCCC1)c1ccccc1Br. The lowest BCUT2D eigenvalue weighted by Crippen LogP contribution is -2.34. The fourth-order valence-electron chi connectivity index (χ4n) is 2.90. The quantitative estimate of drug-likeness (QED) is 0.850. The van der Waals surface area contributed by atoms with Crippen LogP contribution in [0.3, 0.4) is 0 Å². The molecule has 1 fully saturated rings. The van der Waals surface area contributed by atoms with E-state index < -0.39 is 0 Å². The number of benzene rings is 1. The minimum absolute atomic E-state index is 0.418. The maximum atomic E-state index is 3.75. The van der Waals surface area contributed by atoms with E-state index in [9.17, 15) is 0 Å². The van der Waals surface area contributed by atoms with Crippen LogP contribution in [0.4, 0.5) is 0 Å². The van der Waals surface area contributed by atoms with Gasteiger partial charge in [-0.2, -0.15) is 0 Å². The van der Waals surface area contributed by atoms with Gasteiger partial charge in [0.15, 0.2) is 0 Å². The van der Waals surface area contributed by atoms with E-state index >= 15 is 0 Å². The number of halogens is 1. The first-order chi connectivity index (χ1) is 8.18. The first-order valence-electron chi connectivity index (χ1n) is 6.69. The van der Waals surface area contributed by atoms with Gasteiger partial charge in [-0.3, -0.25) is 0 Å². The number of rotatable bonds is 4. The molecule has 0 aliphatic heterocycles. The summed E-state index contributed by atoms with van der Waals surface area (Å²) in [5.41, 5.74) is 1.36. The standard InChI is InChI=1S/C15H22BrN/c1-11(13-7-3-4-8-13)17-12(2)14-9-5-6-10-15(14)16/h5-6,9-13,17H,3-4,7-8H2,1-2H3/t11-,12?/m1/s1. The summed E-state index contributed by atoms with van der Waals surface area (Å²) in [6.45, 7) is 4.59. The summed E-state index contributed by atoms with van der Waals surface area (Å²) in [5, 5.41) is 3.75. The molecule has 2 heteroatoms. The van der Waals surface area contributed by atoms with Crippen molar-refractivity contribution in [2.75, 3.05) is 0 Å². The summed E-state index contributed by atoms with van der Waals surface area (Å²) in [5.74, 6) is 0.875. The summed E-state index contributed by atoms with van der Waals surface area (Å²) in [6.07, 6.45) is 5.63. The molecule has 0 radical (unpaired) electrons. The van der Waals surface area contributed by atoms with E-state index in [0.29, 0.717) is 12.1 Å². The van der Waals surface area contributed by atoms with Gasteiger partial charge >= 0.3 is 0 Å². The van der Waals surface area contributed by atoms with Gasteiger partial charge in [-0.25, -0.2) is 0 Å². The van der Waals surface area contributed by atoms with Gasteiger partial charge in [-0.1, -0.05) is 47.0 Å².